The van der Waals surface area contributed by atoms with Crippen molar-refractivity contribution in [1.82, 2.24) is 0 Å². The highest BCUT2D eigenvalue weighted by Gasteiger charge is 2.46. The number of nitrogens with zero attached hydrogens (tertiary/aromatic N) is 1. The smallest absolute Gasteiger partial charge is 0.264 e. The van der Waals surface area contributed by atoms with Crippen LogP contribution in [-0.2, 0) is 26.4 Å². The van der Waals surface area contributed by atoms with Crippen LogP contribution in [0.1, 0.15) is 25.0 Å². The Morgan fingerprint density at radius 1 is 1.00 bits per heavy atom. The highest BCUT2D eigenvalue weighted by molar-refractivity contribution is 7.80. The molecule has 4 rings (SSSR count). The molecule has 29 heavy (non-hydrogen) atoms. The monoisotopic (exact) mass is 412 g/mol. The molecule has 1 heterocycles. The topological polar surface area (TPSA) is 66.6 Å². The maximum absolute atomic E-state index is 9.33. The van der Waals surface area contributed by atoms with Crippen molar-refractivity contribution in [2.75, 3.05) is 14.2 Å². The van der Waals surface area contributed by atoms with Crippen molar-refractivity contribution in [2.45, 2.75) is 25.7 Å². The molecule has 0 radical (unpaired) electrons. The first kappa shape index (κ1) is 21.2. The quantitative estimate of drug-likeness (QED) is 0.507. The molecule has 3 aromatic carbocycles. The fourth-order valence-electron chi connectivity index (χ4n) is 4.07. The number of hydrogen-bond donors (Lipinski definition) is 1. The molecule has 1 aliphatic heterocycles. The summed E-state index contributed by atoms with van der Waals surface area (Å²) in [4.78, 5) is 0. The molecule has 1 unspecified atom stereocenters. The SMILES string of the molecule is CC1=[N+](C)c2ccc3ccccc3c2C1(C)Cc1ccccc1.COS(=O)(=O)O. The summed E-state index contributed by atoms with van der Waals surface area (Å²) in [5.41, 5.74) is 5.67. The molecule has 1 atom stereocenters. The van der Waals surface area contributed by atoms with Gasteiger partial charge in [-0.25, -0.2) is 4.58 Å². The minimum absolute atomic E-state index is 0.0340. The number of rotatable bonds is 3. The van der Waals surface area contributed by atoms with E-state index in [1.807, 2.05) is 0 Å². The standard InChI is InChI=1S/C22H22N.CH4O4S/c1-16-22(2,15-17-9-5-4-6-10-17)21-19-12-8-7-11-18(19)13-14-20(21)23(16)3;1-5-6(2,3)4/h4-14H,15H2,1-3H3;1H3,(H,2,3,4)/q+1;. The molecule has 5 nitrogen and oxygen atoms in total. The second-order valence-corrected chi connectivity index (χ2v) is 8.60. The van der Waals surface area contributed by atoms with Gasteiger partial charge in [0.1, 0.15) is 7.05 Å². The molecule has 1 N–H and O–H groups in total. The van der Waals surface area contributed by atoms with E-state index in [2.05, 4.69) is 96.4 Å². The highest BCUT2D eigenvalue weighted by Crippen LogP contribution is 2.45. The van der Waals surface area contributed by atoms with Gasteiger partial charge in [-0.3, -0.25) is 8.74 Å². The number of hydrogen-bond acceptors (Lipinski definition) is 3. The predicted molar refractivity (Wildman–Crippen MR) is 117 cm³/mol. The van der Waals surface area contributed by atoms with Gasteiger partial charge in [0.05, 0.1) is 12.5 Å². The van der Waals surface area contributed by atoms with Gasteiger partial charge in [-0.1, -0.05) is 54.6 Å². The Morgan fingerprint density at radius 3 is 2.21 bits per heavy atom. The third-order valence-corrected chi connectivity index (χ3v) is 6.15. The van der Waals surface area contributed by atoms with Crippen LogP contribution >= 0.6 is 0 Å². The van der Waals surface area contributed by atoms with E-state index in [4.69, 9.17) is 4.55 Å². The van der Waals surface area contributed by atoms with Crippen molar-refractivity contribution in [1.29, 1.82) is 0 Å². The lowest BCUT2D eigenvalue weighted by Crippen LogP contribution is -2.32. The highest BCUT2D eigenvalue weighted by atomic mass is 32.3. The molecule has 0 bridgehead atoms. The lowest BCUT2D eigenvalue weighted by atomic mass is 9.73. The first-order valence-electron chi connectivity index (χ1n) is 9.34. The average Bonchev–Trinajstić information content (AvgIpc) is 2.90. The molecular formula is C23H26NO4S+. The van der Waals surface area contributed by atoms with E-state index in [9.17, 15) is 8.42 Å². The third-order valence-electron chi connectivity index (χ3n) is 5.73. The Balaban J connectivity index is 0.000000353. The zero-order valence-corrected chi connectivity index (χ0v) is 17.9. The second kappa shape index (κ2) is 8.06. The van der Waals surface area contributed by atoms with Gasteiger partial charge < -0.3 is 0 Å². The largest absolute Gasteiger partial charge is 0.397 e. The molecule has 0 saturated heterocycles. The van der Waals surface area contributed by atoms with Gasteiger partial charge in [-0.2, -0.15) is 8.42 Å². The van der Waals surface area contributed by atoms with Crippen LogP contribution < -0.4 is 0 Å². The molecule has 6 heteroatoms. The summed E-state index contributed by atoms with van der Waals surface area (Å²) < 4.78 is 32.1. The molecule has 152 valence electrons. The van der Waals surface area contributed by atoms with Crippen molar-refractivity contribution in [2.24, 2.45) is 0 Å². The molecule has 1 aliphatic rings. The molecule has 0 fully saturated rings. The minimum Gasteiger partial charge on any atom is -0.264 e. The van der Waals surface area contributed by atoms with Crippen LogP contribution in [-0.4, -0.2) is 37.4 Å². The maximum Gasteiger partial charge on any atom is 0.397 e. The Bertz CT molecular complexity index is 1170. The number of benzene rings is 3. The molecule has 3 aromatic rings. The van der Waals surface area contributed by atoms with Gasteiger partial charge in [-0.15, -0.1) is 0 Å². The van der Waals surface area contributed by atoms with Crippen molar-refractivity contribution < 1.29 is 21.7 Å². The van der Waals surface area contributed by atoms with Gasteiger partial charge >= 0.3 is 10.4 Å². The van der Waals surface area contributed by atoms with E-state index in [0.717, 1.165) is 13.5 Å². The molecule has 0 amide bonds. The van der Waals surface area contributed by atoms with Gasteiger partial charge in [0.25, 0.3) is 0 Å². The average molecular weight is 413 g/mol. The Hall–Kier alpha value is -2.54. The normalized spacial score (nSPS) is 18.4. The van der Waals surface area contributed by atoms with Crippen LogP contribution in [0, 0.1) is 0 Å². The van der Waals surface area contributed by atoms with Crippen LogP contribution in [0.4, 0.5) is 5.69 Å². The predicted octanol–water partition coefficient (Wildman–Crippen LogP) is 4.52. The fourth-order valence-corrected chi connectivity index (χ4v) is 4.07. The van der Waals surface area contributed by atoms with E-state index in [1.165, 1.54) is 33.3 Å². The Kier molecular flexibility index (Phi) is 5.89. The zero-order chi connectivity index (χ0) is 21.2. The second-order valence-electron chi connectivity index (χ2n) is 7.41. The lowest BCUT2D eigenvalue weighted by Gasteiger charge is -2.23. The lowest BCUT2D eigenvalue weighted by molar-refractivity contribution is -0.403. The third kappa shape index (κ3) is 4.24. The molecule has 0 spiro atoms. The Labute approximate surface area is 172 Å². The van der Waals surface area contributed by atoms with E-state index in [-0.39, 0.29) is 5.41 Å². The van der Waals surface area contributed by atoms with Crippen LogP contribution in [0.3, 0.4) is 0 Å². The van der Waals surface area contributed by atoms with Crippen molar-refractivity contribution in [3.8, 4) is 0 Å². The van der Waals surface area contributed by atoms with Crippen molar-refractivity contribution in [3.63, 3.8) is 0 Å². The maximum atomic E-state index is 9.33. The molecule has 0 saturated carbocycles. The fraction of sp³-hybridized carbons (Fsp3) is 0.261. The molecular weight excluding hydrogens is 386 g/mol. The summed E-state index contributed by atoms with van der Waals surface area (Å²) in [6, 6.07) is 24.1. The van der Waals surface area contributed by atoms with E-state index >= 15 is 0 Å². The van der Waals surface area contributed by atoms with Crippen molar-refractivity contribution in [3.05, 3.63) is 77.9 Å². The van der Waals surface area contributed by atoms with Gasteiger partial charge in [-0.05, 0) is 35.7 Å². The summed E-state index contributed by atoms with van der Waals surface area (Å²) >= 11 is 0. The van der Waals surface area contributed by atoms with E-state index in [0.29, 0.717) is 0 Å². The molecule has 0 aliphatic carbocycles. The van der Waals surface area contributed by atoms with Crippen LogP contribution in [0.15, 0.2) is 66.7 Å². The minimum atomic E-state index is -4.16. The first-order chi connectivity index (χ1) is 13.7. The summed E-state index contributed by atoms with van der Waals surface area (Å²) in [6.45, 7) is 4.67. The Morgan fingerprint density at radius 2 is 1.59 bits per heavy atom. The first-order valence-corrected chi connectivity index (χ1v) is 10.7. The number of fused-ring (bicyclic) bond motifs is 3. The van der Waals surface area contributed by atoms with Crippen LogP contribution in [0.5, 0.6) is 0 Å². The van der Waals surface area contributed by atoms with Crippen LogP contribution in [0.2, 0.25) is 0 Å². The zero-order valence-electron chi connectivity index (χ0n) is 17.1. The van der Waals surface area contributed by atoms with Crippen molar-refractivity contribution >= 4 is 32.6 Å². The van der Waals surface area contributed by atoms with E-state index < -0.39 is 10.4 Å². The summed E-state index contributed by atoms with van der Waals surface area (Å²) in [5.74, 6) is 0. The summed E-state index contributed by atoms with van der Waals surface area (Å²) in [5, 5.41) is 2.71. The van der Waals surface area contributed by atoms with E-state index in [1.54, 1.807) is 0 Å². The van der Waals surface area contributed by atoms with Crippen LogP contribution in [0.25, 0.3) is 10.8 Å². The van der Waals surface area contributed by atoms with Gasteiger partial charge in [0, 0.05) is 18.6 Å². The van der Waals surface area contributed by atoms with Gasteiger partial charge in [0.15, 0.2) is 5.71 Å². The summed E-state index contributed by atoms with van der Waals surface area (Å²) in [7, 11) is -1.10. The summed E-state index contributed by atoms with van der Waals surface area (Å²) in [6.07, 6.45) is 1.03. The molecule has 0 aromatic heterocycles. The van der Waals surface area contributed by atoms with Gasteiger partial charge in [0.2, 0.25) is 5.69 Å².